The van der Waals surface area contributed by atoms with Gasteiger partial charge in [-0.2, -0.15) is 0 Å². The number of benzene rings is 2. The molecule has 0 fully saturated rings. The van der Waals surface area contributed by atoms with Crippen LogP contribution in [0.15, 0.2) is 47.0 Å². The van der Waals surface area contributed by atoms with E-state index < -0.39 is 0 Å². The van der Waals surface area contributed by atoms with Gasteiger partial charge in [0.25, 0.3) is 0 Å². The fraction of sp³-hybridized carbons (Fsp3) is 0.292. The van der Waals surface area contributed by atoms with E-state index in [0.717, 1.165) is 11.2 Å². The third-order valence-electron chi connectivity index (χ3n) is 5.40. The van der Waals surface area contributed by atoms with Crippen LogP contribution < -0.4 is 4.57 Å². The maximum absolute atomic E-state index is 6.33. The molecule has 0 bridgehead atoms. The lowest BCUT2D eigenvalue weighted by molar-refractivity contribution is -0.660. The summed E-state index contributed by atoms with van der Waals surface area (Å²) >= 11 is 0. The van der Waals surface area contributed by atoms with E-state index in [1.54, 1.807) is 0 Å². The number of nitrogens with zero attached hydrogens (tertiary/aromatic N) is 1. The van der Waals surface area contributed by atoms with Gasteiger partial charge in [-0.05, 0) is 49.9 Å². The minimum absolute atomic E-state index is 0.515. The summed E-state index contributed by atoms with van der Waals surface area (Å²) in [6.07, 6.45) is 2.26. The smallest absolute Gasteiger partial charge is 0.216 e. The third kappa shape index (κ3) is 2.52. The molecule has 0 N–H and O–H groups in total. The summed E-state index contributed by atoms with van der Waals surface area (Å²) in [6, 6.07) is 13.1. The average Bonchev–Trinajstić information content (AvgIpc) is 2.94. The van der Waals surface area contributed by atoms with Crippen molar-refractivity contribution >= 4 is 21.9 Å². The zero-order chi connectivity index (χ0) is 18.6. The molecular weight excluding hydrogens is 318 g/mol. The summed E-state index contributed by atoms with van der Waals surface area (Å²) in [5, 5.41) is 2.38. The molecule has 2 heterocycles. The Bertz CT molecular complexity index is 1150. The quantitative estimate of drug-likeness (QED) is 0.400. The van der Waals surface area contributed by atoms with Crippen molar-refractivity contribution in [2.24, 2.45) is 7.05 Å². The average molecular weight is 344 g/mol. The van der Waals surface area contributed by atoms with Crippen LogP contribution in [0.1, 0.15) is 42.0 Å². The molecule has 2 aromatic carbocycles. The van der Waals surface area contributed by atoms with Gasteiger partial charge in [0.15, 0.2) is 6.20 Å². The van der Waals surface area contributed by atoms with Crippen molar-refractivity contribution in [2.45, 2.75) is 40.5 Å². The minimum atomic E-state index is 0.515. The molecule has 26 heavy (non-hydrogen) atoms. The molecule has 0 saturated carbocycles. The maximum Gasteiger partial charge on any atom is 0.216 e. The Hall–Kier alpha value is -2.61. The van der Waals surface area contributed by atoms with E-state index in [2.05, 4.69) is 88.8 Å². The summed E-state index contributed by atoms with van der Waals surface area (Å²) in [7, 11) is 2.13. The molecule has 0 aliphatic carbocycles. The summed E-state index contributed by atoms with van der Waals surface area (Å²) < 4.78 is 8.57. The molecule has 4 aromatic rings. The maximum atomic E-state index is 6.33. The number of fused-ring (bicyclic) bond motifs is 3. The number of aromatic nitrogens is 1. The van der Waals surface area contributed by atoms with Gasteiger partial charge in [0, 0.05) is 22.4 Å². The molecule has 0 radical (unpaired) electrons. The molecule has 2 aromatic heterocycles. The third-order valence-corrected chi connectivity index (χ3v) is 5.40. The predicted molar refractivity (Wildman–Crippen MR) is 109 cm³/mol. The Kier molecular flexibility index (Phi) is 3.87. The van der Waals surface area contributed by atoms with Crippen molar-refractivity contribution in [3.05, 3.63) is 64.8 Å². The largest absolute Gasteiger partial charge is 0.455 e. The fourth-order valence-electron chi connectivity index (χ4n) is 3.99. The Morgan fingerprint density at radius 1 is 0.885 bits per heavy atom. The van der Waals surface area contributed by atoms with Gasteiger partial charge in [0.1, 0.15) is 18.2 Å². The van der Waals surface area contributed by atoms with E-state index in [9.17, 15) is 0 Å². The second-order valence-corrected chi connectivity index (χ2v) is 7.80. The van der Waals surface area contributed by atoms with E-state index in [4.69, 9.17) is 4.42 Å². The van der Waals surface area contributed by atoms with Gasteiger partial charge in [0.2, 0.25) is 5.69 Å². The van der Waals surface area contributed by atoms with E-state index in [0.29, 0.717) is 5.92 Å². The van der Waals surface area contributed by atoms with Crippen LogP contribution in [-0.4, -0.2) is 0 Å². The van der Waals surface area contributed by atoms with Crippen LogP contribution in [0.5, 0.6) is 0 Å². The number of pyridine rings is 1. The summed E-state index contributed by atoms with van der Waals surface area (Å²) in [4.78, 5) is 0. The van der Waals surface area contributed by atoms with Crippen LogP contribution in [-0.2, 0) is 7.05 Å². The topological polar surface area (TPSA) is 17.0 Å². The van der Waals surface area contributed by atoms with E-state index in [-0.39, 0.29) is 0 Å². The van der Waals surface area contributed by atoms with Gasteiger partial charge in [0.05, 0.1) is 5.56 Å². The molecular formula is C24H26NO+. The molecule has 0 unspecified atom stereocenters. The van der Waals surface area contributed by atoms with Crippen molar-refractivity contribution in [1.29, 1.82) is 0 Å². The van der Waals surface area contributed by atoms with Gasteiger partial charge in [-0.25, -0.2) is 4.57 Å². The van der Waals surface area contributed by atoms with Gasteiger partial charge in [-0.15, -0.1) is 0 Å². The van der Waals surface area contributed by atoms with Crippen LogP contribution >= 0.6 is 0 Å². The monoisotopic (exact) mass is 344 g/mol. The van der Waals surface area contributed by atoms with Crippen molar-refractivity contribution in [2.75, 3.05) is 0 Å². The SMILES string of the molecule is Cc1ccc2oc3c(-c4cc(C)c(C(C)C)c[n+]4C)c(C)ccc3c2c1. The minimum Gasteiger partial charge on any atom is -0.455 e. The van der Waals surface area contributed by atoms with Gasteiger partial charge in [-0.1, -0.05) is 37.6 Å². The summed E-state index contributed by atoms with van der Waals surface area (Å²) in [5.41, 5.74) is 9.54. The Balaban J connectivity index is 2.07. The van der Waals surface area contributed by atoms with Crippen molar-refractivity contribution in [3.63, 3.8) is 0 Å². The molecule has 2 nitrogen and oxygen atoms in total. The lowest BCUT2D eigenvalue weighted by atomic mass is 9.95. The highest BCUT2D eigenvalue weighted by atomic mass is 16.3. The number of furan rings is 1. The highest BCUT2D eigenvalue weighted by Crippen LogP contribution is 2.37. The number of hydrogen-bond donors (Lipinski definition) is 0. The molecule has 0 aliphatic heterocycles. The van der Waals surface area contributed by atoms with E-state index >= 15 is 0 Å². The first-order chi connectivity index (χ1) is 12.4. The predicted octanol–water partition coefficient (Wildman–Crippen LogP) is 6.13. The first kappa shape index (κ1) is 16.8. The molecule has 132 valence electrons. The molecule has 0 amide bonds. The fourth-order valence-corrected chi connectivity index (χ4v) is 3.99. The van der Waals surface area contributed by atoms with Crippen LogP contribution in [0, 0.1) is 20.8 Å². The molecule has 0 aliphatic rings. The normalized spacial score (nSPS) is 11.8. The van der Waals surface area contributed by atoms with Crippen molar-refractivity contribution in [1.82, 2.24) is 0 Å². The van der Waals surface area contributed by atoms with E-state index in [1.807, 2.05) is 0 Å². The van der Waals surface area contributed by atoms with Crippen LogP contribution in [0.2, 0.25) is 0 Å². The molecule has 2 heteroatoms. The Labute approximate surface area is 155 Å². The lowest BCUT2D eigenvalue weighted by Gasteiger charge is -2.11. The zero-order valence-electron chi connectivity index (χ0n) is 16.5. The number of rotatable bonds is 2. The molecule has 0 atom stereocenters. The molecule has 4 rings (SSSR count). The summed E-state index contributed by atoms with van der Waals surface area (Å²) in [5.74, 6) is 0.515. The highest BCUT2D eigenvalue weighted by Gasteiger charge is 2.22. The van der Waals surface area contributed by atoms with Gasteiger partial charge < -0.3 is 4.42 Å². The second kappa shape index (κ2) is 5.98. The van der Waals surface area contributed by atoms with Crippen molar-refractivity contribution < 1.29 is 8.98 Å². The zero-order valence-corrected chi connectivity index (χ0v) is 16.5. The highest BCUT2D eigenvalue weighted by molar-refractivity contribution is 6.09. The first-order valence-electron chi connectivity index (χ1n) is 9.30. The van der Waals surface area contributed by atoms with Crippen LogP contribution in [0.4, 0.5) is 0 Å². The van der Waals surface area contributed by atoms with Gasteiger partial charge >= 0.3 is 0 Å². The second-order valence-electron chi connectivity index (χ2n) is 7.80. The lowest BCUT2D eigenvalue weighted by Crippen LogP contribution is -2.32. The Morgan fingerprint density at radius 3 is 2.38 bits per heavy atom. The Morgan fingerprint density at radius 2 is 1.65 bits per heavy atom. The number of hydrogen-bond acceptors (Lipinski definition) is 1. The number of aryl methyl sites for hydroxylation is 4. The summed E-state index contributed by atoms with van der Waals surface area (Å²) in [6.45, 7) is 11.0. The van der Waals surface area contributed by atoms with Crippen molar-refractivity contribution in [3.8, 4) is 11.3 Å². The van der Waals surface area contributed by atoms with Gasteiger partial charge in [-0.3, -0.25) is 0 Å². The van der Waals surface area contributed by atoms with Crippen LogP contribution in [0.25, 0.3) is 33.2 Å². The van der Waals surface area contributed by atoms with E-state index in [1.165, 1.54) is 44.3 Å². The first-order valence-corrected chi connectivity index (χ1v) is 9.30. The van der Waals surface area contributed by atoms with Crippen LogP contribution in [0.3, 0.4) is 0 Å². The molecule has 0 saturated heterocycles. The molecule has 0 spiro atoms. The standard InChI is InChI=1S/C24H26NO/c1-14(2)20-13-25(6)21(12-17(20)5)23-16(4)8-9-18-19-11-15(3)7-10-22(19)26-24(18)23/h7-14H,1-6H3/q+1.